The summed E-state index contributed by atoms with van der Waals surface area (Å²) in [6.07, 6.45) is -1.07. The predicted molar refractivity (Wildman–Crippen MR) is 77.3 cm³/mol. The van der Waals surface area contributed by atoms with Gasteiger partial charge in [-0.3, -0.25) is 0 Å². The highest BCUT2D eigenvalue weighted by molar-refractivity contribution is 9.10. The molecule has 2 aromatic carbocycles. The van der Waals surface area contributed by atoms with Crippen LogP contribution in [0.15, 0.2) is 45.3 Å². The SMILES string of the molecule is OC(c1cc(Br)ccc1F)c1cc(Cl)ccc1Br. The van der Waals surface area contributed by atoms with E-state index in [1.165, 1.54) is 6.07 Å². The molecule has 1 unspecified atom stereocenters. The van der Waals surface area contributed by atoms with Gasteiger partial charge in [0.05, 0.1) is 0 Å². The zero-order chi connectivity index (χ0) is 13.3. The molecule has 0 saturated carbocycles. The summed E-state index contributed by atoms with van der Waals surface area (Å²) in [4.78, 5) is 0. The van der Waals surface area contributed by atoms with Gasteiger partial charge in [0.2, 0.25) is 0 Å². The van der Waals surface area contributed by atoms with Crippen LogP contribution in [-0.2, 0) is 0 Å². The number of benzene rings is 2. The molecule has 0 spiro atoms. The summed E-state index contributed by atoms with van der Waals surface area (Å²) in [7, 11) is 0. The highest BCUT2D eigenvalue weighted by Crippen LogP contribution is 2.33. The molecule has 0 aliphatic rings. The van der Waals surface area contributed by atoms with E-state index in [4.69, 9.17) is 11.6 Å². The van der Waals surface area contributed by atoms with Gasteiger partial charge >= 0.3 is 0 Å². The maximum Gasteiger partial charge on any atom is 0.129 e. The van der Waals surface area contributed by atoms with E-state index in [2.05, 4.69) is 31.9 Å². The molecule has 94 valence electrons. The zero-order valence-electron chi connectivity index (χ0n) is 9.00. The smallest absolute Gasteiger partial charge is 0.129 e. The molecule has 0 heterocycles. The van der Waals surface area contributed by atoms with Gasteiger partial charge in [0.25, 0.3) is 0 Å². The van der Waals surface area contributed by atoms with Gasteiger partial charge in [0, 0.05) is 25.1 Å². The Morgan fingerprint density at radius 2 is 1.78 bits per heavy atom. The number of aliphatic hydroxyl groups excluding tert-OH is 1. The van der Waals surface area contributed by atoms with Crippen molar-refractivity contribution in [2.75, 3.05) is 0 Å². The van der Waals surface area contributed by atoms with Gasteiger partial charge in [0.1, 0.15) is 11.9 Å². The van der Waals surface area contributed by atoms with Crippen molar-refractivity contribution in [3.63, 3.8) is 0 Å². The standard InChI is InChI=1S/C13H8Br2ClFO/c14-7-1-4-12(17)10(5-7)13(18)9-6-8(16)2-3-11(9)15/h1-6,13,18H. The van der Waals surface area contributed by atoms with E-state index in [0.29, 0.717) is 19.5 Å². The minimum atomic E-state index is -1.07. The van der Waals surface area contributed by atoms with Crippen molar-refractivity contribution in [3.8, 4) is 0 Å². The number of hydrogen-bond donors (Lipinski definition) is 1. The number of aliphatic hydroxyl groups is 1. The minimum absolute atomic E-state index is 0.201. The van der Waals surface area contributed by atoms with Crippen LogP contribution in [0.2, 0.25) is 5.02 Å². The largest absolute Gasteiger partial charge is 0.384 e. The first-order valence-corrected chi connectivity index (χ1v) is 7.03. The lowest BCUT2D eigenvalue weighted by Gasteiger charge is -2.15. The quantitative estimate of drug-likeness (QED) is 0.753. The Morgan fingerprint density at radius 3 is 2.50 bits per heavy atom. The normalized spacial score (nSPS) is 12.5. The molecule has 1 nitrogen and oxygen atoms in total. The van der Waals surface area contributed by atoms with Crippen LogP contribution in [-0.4, -0.2) is 5.11 Å². The fourth-order valence-electron chi connectivity index (χ4n) is 1.62. The second-order valence-corrected chi connectivity index (χ2v) is 5.94. The Kier molecular flexibility index (Phi) is 4.43. The van der Waals surface area contributed by atoms with Crippen LogP contribution in [0.25, 0.3) is 0 Å². The Bertz CT molecular complexity index is 538. The van der Waals surface area contributed by atoms with Crippen LogP contribution in [0, 0.1) is 5.82 Å². The Hall–Kier alpha value is -0.420. The first-order chi connectivity index (χ1) is 8.49. The van der Waals surface area contributed by atoms with Crippen molar-refractivity contribution >= 4 is 43.5 Å². The van der Waals surface area contributed by atoms with Crippen LogP contribution in [0.5, 0.6) is 0 Å². The van der Waals surface area contributed by atoms with Gasteiger partial charge in [0.15, 0.2) is 0 Å². The molecule has 0 fully saturated rings. The lowest BCUT2D eigenvalue weighted by molar-refractivity contribution is 0.214. The van der Waals surface area contributed by atoms with E-state index >= 15 is 0 Å². The lowest BCUT2D eigenvalue weighted by Crippen LogP contribution is -2.03. The zero-order valence-corrected chi connectivity index (χ0v) is 12.9. The average molecular weight is 394 g/mol. The predicted octanol–water partition coefficient (Wildman–Crippen LogP) is 5.09. The van der Waals surface area contributed by atoms with Gasteiger partial charge < -0.3 is 5.11 Å². The second-order valence-electron chi connectivity index (χ2n) is 3.73. The van der Waals surface area contributed by atoms with E-state index in [-0.39, 0.29) is 5.56 Å². The average Bonchev–Trinajstić information content (AvgIpc) is 2.34. The van der Waals surface area contributed by atoms with Crippen molar-refractivity contribution in [3.05, 3.63) is 67.3 Å². The first kappa shape index (κ1) is 14.0. The molecule has 18 heavy (non-hydrogen) atoms. The lowest BCUT2D eigenvalue weighted by atomic mass is 10.0. The molecule has 0 aliphatic heterocycles. The van der Waals surface area contributed by atoms with Crippen molar-refractivity contribution in [2.24, 2.45) is 0 Å². The van der Waals surface area contributed by atoms with Gasteiger partial charge in [-0.25, -0.2) is 4.39 Å². The van der Waals surface area contributed by atoms with Crippen LogP contribution in [0.4, 0.5) is 4.39 Å². The van der Waals surface area contributed by atoms with Crippen molar-refractivity contribution < 1.29 is 9.50 Å². The highest BCUT2D eigenvalue weighted by Gasteiger charge is 2.18. The molecule has 0 bridgehead atoms. The molecular formula is C13H8Br2ClFO. The molecule has 0 radical (unpaired) electrons. The van der Waals surface area contributed by atoms with E-state index in [9.17, 15) is 9.50 Å². The molecule has 0 saturated heterocycles. The third-order valence-corrected chi connectivity index (χ3v) is 3.96. The molecule has 1 atom stereocenters. The van der Waals surface area contributed by atoms with Gasteiger partial charge in [-0.15, -0.1) is 0 Å². The van der Waals surface area contributed by atoms with E-state index in [0.717, 1.165) is 0 Å². The summed E-state index contributed by atoms with van der Waals surface area (Å²) < 4.78 is 15.1. The van der Waals surface area contributed by atoms with Crippen LogP contribution >= 0.6 is 43.5 Å². The van der Waals surface area contributed by atoms with Crippen molar-refractivity contribution in [1.29, 1.82) is 0 Å². The van der Waals surface area contributed by atoms with Gasteiger partial charge in [-0.05, 0) is 36.4 Å². The highest BCUT2D eigenvalue weighted by atomic mass is 79.9. The van der Waals surface area contributed by atoms with E-state index in [1.807, 2.05) is 0 Å². The molecule has 1 N–H and O–H groups in total. The molecule has 0 aromatic heterocycles. The molecular weight excluding hydrogens is 386 g/mol. The van der Waals surface area contributed by atoms with Crippen LogP contribution < -0.4 is 0 Å². The summed E-state index contributed by atoms with van der Waals surface area (Å²) in [6, 6.07) is 9.46. The Balaban J connectivity index is 2.50. The third kappa shape index (κ3) is 2.94. The Morgan fingerprint density at radius 1 is 1.06 bits per heavy atom. The van der Waals surface area contributed by atoms with E-state index in [1.54, 1.807) is 30.3 Å². The third-order valence-electron chi connectivity index (χ3n) is 2.51. The number of halogens is 4. The monoisotopic (exact) mass is 392 g/mol. The molecule has 5 heteroatoms. The van der Waals surface area contributed by atoms with Gasteiger partial charge in [-0.2, -0.15) is 0 Å². The first-order valence-electron chi connectivity index (χ1n) is 5.07. The fraction of sp³-hybridized carbons (Fsp3) is 0.0769. The second kappa shape index (κ2) is 5.70. The summed E-state index contributed by atoms with van der Waals surface area (Å²) in [6.45, 7) is 0. The topological polar surface area (TPSA) is 20.2 Å². The van der Waals surface area contributed by atoms with Crippen molar-refractivity contribution in [1.82, 2.24) is 0 Å². The molecule has 2 aromatic rings. The summed E-state index contributed by atoms with van der Waals surface area (Å²) in [5.41, 5.74) is 0.729. The summed E-state index contributed by atoms with van der Waals surface area (Å²) >= 11 is 12.5. The minimum Gasteiger partial charge on any atom is -0.384 e. The molecule has 2 rings (SSSR count). The maximum absolute atomic E-state index is 13.7. The van der Waals surface area contributed by atoms with E-state index < -0.39 is 11.9 Å². The summed E-state index contributed by atoms with van der Waals surface area (Å²) in [5, 5.41) is 10.7. The van der Waals surface area contributed by atoms with Gasteiger partial charge in [-0.1, -0.05) is 43.5 Å². The number of rotatable bonds is 2. The van der Waals surface area contributed by atoms with Crippen LogP contribution in [0.1, 0.15) is 17.2 Å². The molecule has 0 aliphatic carbocycles. The fourth-order valence-corrected chi connectivity index (χ4v) is 2.64. The van der Waals surface area contributed by atoms with Crippen LogP contribution in [0.3, 0.4) is 0 Å². The van der Waals surface area contributed by atoms with Crippen molar-refractivity contribution in [2.45, 2.75) is 6.10 Å². The molecule has 0 amide bonds. The summed E-state index contributed by atoms with van der Waals surface area (Å²) in [5.74, 6) is -0.461. The number of hydrogen-bond acceptors (Lipinski definition) is 1. The Labute approximate surface area is 126 Å². The maximum atomic E-state index is 13.7.